The quantitative estimate of drug-likeness (QED) is 0.244. The average Bonchev–Trinajstić information content (AvgIpc) is 3.47. The fourth-order valence-corrected chi connectivity index (χ4v) is 6.51. The normalized spacial score (nSPS) is 13.6. The lowest BCUT2D eigenvalue weighted by atomic mass is 9.73. The summed E-state index contributed by atoms with van der Waals surface area (Å²) >= 11 is 0. The number of benzene rings is 5. The van der Waals surface area contributed by atoms with Gasteiger partial charge in [-0.15, -0.1) is 0 Å². The number of para-hydroxylation sites is 3. The third-order valence-electron chi connectivity index (χ3n) is 8.33. The smallest absolute Gasteiger partial charge is 0.140 e. The monoisotopic (exact) mass is 479 g/mol. The predicted molar refractivity (Wildman–Crippen MR) is 155 cm³/mol. The molecule has 1 aliphatic carbocycles. The Morgan fingerprint density at radius 1 is 0.595 bits per heavy atom. The number of hydrogen-bond donors (Lipinski definition) is 0. The lowest BCUT2D eigenvalue weighted by molar-refractivity contribution is 0.486. The minimum absolute atomic E-state index is 0.104. The molecule has 0 spiro atoms. The fourth-order valence-electron chi connectivity index (χ4n) is 6.51. The summed E-state index contributed by atoms with van der Waals surface area (Å²) in [4.78, 5) is 2.36. The number of nitrogens with zero attached hydrogens (tertiary/aromatic N) is 1. The van der Waals surface area contributed by atoms with E-state index in [1.54, 1.807) is 0 Å². The van der Waals surface area contributed by atoms with Crippen LogP contribution in [0.1, 0.15) is 37.8 Å². The first-order chi connectivity index (χ1) is 18.2. The Morgan fingerprint density at radius 3 is 1.89 bits per heavy atom. The van der Waals surface area contributed by atoms with E-state index in [1.165, 1.54) is 38.7 Å². The summed E-state index contributed by atoms with van der Waals surface area (Å²) in [5, 5.41) is 2.40. The van der Waals surface area contributed by atoms with Gasteiger partial charge in [0, 0.05) is 38.8 Å². The number of rotatable bonds is 5. The molecule has 1 aliphatic rings. The Balaban J connectivity index is 1.48. The average molecular weight is 480 g/mol. The van der Waals surface area contributed by atoms with E-state index in [4.69, 9.17) is 4.42 Å². The summed E-state index contributed by atoms with van der Waals surface area (Å²) in [6.07, 6.45) is 2.03. The van der Waals surface area contributed by atoms with Crippen molar-refractivity contribution in [3.63, 3.8) is 0 Å². The van der Waals surface area contributed by atoms with Crippen LogP contribution < -0.4 is 4.90 Å². The lowest BCUT2D eigenvalue weighted by Crippen LogP contribution is -2.23. The van der Waals surface area contributed by atoms with Crippen molar-refractivity contribution in [2.75, 3.05) is 4.90 Å². The zero-order valence-corrected chi connectivity index (χ0v) is 21.2. The van der Waals surface area contributed by atoms with Gasteiger partial charge in [-0.3, -0.25) is 0 Å². The molecule has 0 aliphatic heterocycles. The highest BCUT2D eigenvalue weighted by molar-refractivity contribution is 6.09. The summed E-state index contributed by atoms with van der Waals surface area (Å²) < 4.78 is 6.59. The van der Waals surface area contributed by atoms with Gasteiger partial charge in [0.05, 0.1) is 0 Å². The van der Waals surface area contributed by atoms with Gasteiger partial charge in [-0.2, -0.15) is 0 Å². The molecule has 0 fully saturated rings. The van der Waals surface area contributed by atoms with E-state index < -0.39 is 0 Å². The number of fused-ring (bicyclic) bond motifs is 7. The first kappa shape index (κ1) is 21.9. The predicted octanol–water partition coefficient (Wildman–Crippen LogP) is 10.1. The molecule has 0 saturated carbocycles. The second-order valence-corrected chi connectivity index (χ2v) is 9.99. The van der Waals surface area contributed by atoms with Crippen LogP contribution in [-0.2, 0) is 5.41 Å². The van der Waals surface area contributed by atoms with Gasteiger partial charge >= 0.3 is 0 Å². The molecule has 0 saturated heterocycles. The summed E-state index contributed by atoms with van der Waals surface area (Å²) in [5.41, 5.74) is 10.8. The maximum atomic E-state index is 6.59. The Hall–Kier alpha value is -4.30. The molecule has 6 aromatic rings. The highest BCUT2D eigenvalue weighted by Crippen LogP contribution is 2.57. The van der Waals surface area contributed by atoms with Crippen molar-refractivity contribution in [1.29, 1.82) is 0 Å². The van der Waals surface area contributed by atoms with Crippen molar-refractivity contribution in [1.82, 2.24) is 0 Å². The van der Waals surface area contributed by atoms with Crippen LogP contribution in [0.3, 0.4) is 0 Å². The lowest BCUT2D eigenvalue weighted by Gasteiger charge is -2.31. The summed E-state index contributed by atoms with van der Waals surface area (Å²) in [7, 11) is 0. The zero-order chi connectivity index (χ0) is 25.0. The molecule has 0 N–H and O–H groups in total. The number of hydrogen-bond acceptors (Lipinski definition) is 2. The van der Waals surface area contributed by atoms with Crippen LogP contribution in [0.2, 0.25) is 0 Å². The van der Waals surface area contributed by atoms with E-state index in [1.807, 2.05) is 0 Å². The van der Waals surface area contributed by atoms with Gasteiger partial charge in [-0.25, -0.2) is 0 Å². The molecule has 0 bridgehead atoms. The molecule has 0 amide bonds. The van der Waals surface area contributed by atoms with Crippen LogP contribution >= 0.6 is 0 Å². The van der Waals surface area contributed by atoms with Crippen molar-refractivity contribution < 1.29 is 4.42 Å². The Labute approximate surface area is 217 Å². The van der Waals surface area contributed by atoms with Gasteiger partial charge in [0.15, 0.2) is 0 Å². The molecule has 0 atom stereocenters. The third kappa shape index (κ3) is 3.12. The third-order valence-corrected chi connectivity index (χ3v) is 8.33. The molecule has 2 nitrogen and oxygen atoms in total. The van der Waals surface area contributed by atoms with Crippen LogP contribution in [0.15, 0.2) is 120 Å². The van der Waals surface area contributed by atoms with Crippen molar-refractivity contribution in [2.45, 2.75) is 32.1 Å². The minimum atomic E-state index is -0.104. The Morgan fingerprint density at radius 2 is 1.22 bits per heavy atom. The summed E-state index contributed by atoms with van der Waals surface area (Å²) in [6.45, 7) is 4.64. The van der Waals surface area contributed by atoms with Gasteiger partial charge < -0.3 is 9.32 Å². The summed E-state index contributed by atoms with van der Waals surface area (Å²) in [5.74, 6) is 0. The molecule has 7 rings (SSSR count). The van der Waals surface area contributed by atoms with E-state index in [0.717, 1.165) is 35.4 Å². The van der Waals surface area contributed by atoms with Gasteiger partial charge in [-0.05, 0) is 78.1 Å². The van der Waals surface area contributed by atoms with Crippen molar-refractivity contribution in [2.24, 2.45) is 0 Å². The molecule has 1 aromatic heterocycles. The van der Waals surface area contributed by atoms with Crippen LogP contribution in [0.4, 0.5) is 17.1 Å². The Kier molecular flexibility index (Phi) is 4.97. The van der Waals surface area contributed by atoms with E-state index in [2.05, 4.69) is 134 Å². The molecule has 180 valence electrons. The van der Waals surface area contributed by atoms with E-state index in [0.29, 0.717) is 0 Å². The van der Waals surface area contributed by atoms with Gasteiger partial charge in [0.25, 0.3) is 0 Å². The van der Waals surface area contributed by atoms with Crippen molar-refractivity contribution >= 4 is 39.0 Å². The standard InChI is InChI=1S/C35H29NO/c1-3-35(4-2)31-23-26(36(24-13-7-5-8-14-24)25-15-9-6-10-16-25)19-20-27(31)29-21-22-30-28-17-11-12-18-32(28)37-34(30)33(29)35/h5-23H,3-4H2,1-2H3. The van der Waals surface area contributed by atoms with Crippen LogP contribution in [0.25, 0.3) is 33.1 Å². The topological polar surface area (TPSA) is 16.4 Å². The first-order valence-electron chi connectivity index (χ1n) is 13.2. The number of anilines is 3. The van der Waals surface area contributed by atoms with Crippen molar-refractivity contribution in [3.8, 4) is 11.1 Å². The van der Waals surface area contributed by atoms with E-state index in [9.17, 15) is 0 Å². The van der Waals surface area contributed by atoms with Crippen molar-refractivity contribution in [3.05, 3.63) is 126 Å². The van der Waals surface area contributed by atoms with Crippen LogP contribution in [0.5, 0.6) is 0 Å². The maximum absolute atomic E-state index is 6.59. The molecule has 37 heavy (non-hydrogen) atoms. The highest BCUT2D eigenvalue weighted by Gasteiger charge is 2.43. The highest BCUT2D eigenvalue weighted by atomic mass is 16.3. The van der Waals surface area contributed by atoms with Crippen LogP contribution in [0, 0.1) is 0 Å². The fraction of sp³-hybridized carbons (Fsp3) is 0.143. The molecule has 0 radical (unpaired) electrons. The van der Waals surface area contributed by atoms with Crippen LogP contribution in [-0.4, -0.2) is 0 Å². The molecule has 0 unspecified atom stereocenters. The largest absolute Gasteiger partial charge is 0.456 e. The second-order valence-electron chi connectivity index (χ2n) is 9.99. The molecular formula is C35H29NO. The van der Waals surface area contributed by atoms with E-state index >= 15 is 0 Å². The maximum Gasteiger partial charge on any atom is 0.140 e. The second kappa shape index (κ2) is 8.38. The van der Waals surface area contributed by atoms with E-state index in [-0.39, 0.29) is 5.41 Å². The Bertz CT molecular complexity index is 1700. The molecule has 1 heterocycles. The minimum Gasteiger partial charge on any atom is -0.456 e. The molecular weight excluding hydrogens is 450 g/mol. The zero-order valence-electron chi connectivity index (χ0n) is 21.2. The summed E-state index contributed by atoms with van der Waals surface area (Å²) in [6, 6.07) is 41.3. The number of furan rings is 1. The first-order valence-corrected chi connectivity index (χ1v) is 13.2. The van der Waals surface area contributed by atoms with Gasteiger partial charge in [-0.1, -0.05) is 80.6 Å². The molecule has 2 heteroatoms. The van der Waals surface area contributed by atoms with Gasteiger partial charge in [0.2, 0.25) is 0 Å². The molecule has 5 aromatic carbocycles. The SMILES string of the molecule is CCC1(CC)c2cc(N(c3ccccc3)c3ccccc3)ccc2-c2ccc3c(oc4ccccc43)c21. The van der Waals surface area contributed by atoms with Gasteiger partial charge in [0.1, 0.15) is 11.2 Å².